The van der Waals surface area contributed by atoms with Crippen molar-refractivity contribution in [2.45, 2.75) is 51.5 Å². The van der Waals surface area contributed by atoms with Crippen molar-refractivity contribution in [1.82, 2.24) is 0 Å². The standard InChI is InChI=1S/C25H30O12/c1-4-32-13-7-11-12(8-14(13)33-5-2)35-15-9-16(34-6-3)24(21(29)18(15)19(11)27)37-25-23(31)22(30)20(28)17(10-26)36-25/h7-9,17,20,22-23,25-26,28-31H,4-6,10H2,1-3H3/t17-,20-,22+,23-,25+/m1/s1. The molecule has 0 bridgehead atoms. The maximum atomic E-state index is 13.5. The summed E-state index contributed by atoms with van der Waals surface area (Å²) in [5, 5.41) is 51.0. The lowest BCUT2D eigenvalue weighted by atomic mass is 9.99. The predicted octanol–water partition coefficient (Wildman–Crippen LogP) is 1.03. The number of aromatic hydroxyl groups is 1. The highest BCUT2D eigenvalue weighted by Gasteiger charge is 2.45. The lowest BCUT2D eigenvalue weighted by Crippen LogP contribution is -2.60. The van der Waals surface area contributed by atoms with Crippen molar-refractivity contribution < 1.29 is 53.6 Å². The van der Waals surface area contributed by atoms with Gasteiger partial charge in [0.25, 0.3) is 0 Å². The second kappa shape index (κ2) is 11.0. The summed E-state index contributed by atoms with van der Waals surface area (Å²) in [7, 11) is 0. The normalized spacial score (nSPS) is 23.8. The number of hydrogen-bond acceptors (Lipinski definition) is 12. The van der Waals surface area contributed by atoms with Crippen molar-refractivity contribution in [3.63, 3.8) is 0 Å². The zero-order valence-electron chi connectivity index (χ0n) is 20.5. The highest BCUT2D eigenvalue weighted by Crippen LogP contribution is 2.44. The van der Waals surface area contributed by atoms with Gasteiger partial charge in [-0.1, -0.05) is 0 Å². The van der Waals surface area contributed by atoms with Crippen LogP contribution in [-0.4, -0.2) is 82.7 Å². The molecule has 2 aromatic carbocycles. The van der Waals surface area contributed by atoms with Crippen LogP contribution in [0.15, 0.2) is 27.4 Å². The van der Waals surface area contributed by atoms with Crippen LogP contribution in [0.5, 0.6) is 28.7 Å². The molecular formula is C25H30O12. The molecule has 3 aromatic rings. The van der Waals surface area contributed by atoms with E-state index < -0.39 is 48.5 Å². The van der Waals surface area contributed by atoms with E-state index in [9.17, 15) is 30.3 Å². The Balaban J connectivity index is 1.88. The molecule has 1 saturated heterocycles. The largest absolute Gasteiger partial charge is 0.504 e. The topological polar surface area (TPSA) is 178 Å². The van der Waals surface area contributed by atoms with Gasteiger partial charge in [-0.2, -0.15) is 0 Å². The van der Waals surface area contributed by atoms with E-state index in [4.69, 9.17) is 28.1 Å². The molecule has 202 valence electrons. The van der Waals surface area contributed by atoms with Crippen LogP contribution >= 0.6 is 0 Å². The lowest BCUT2D eigenvalue weighted by molar-refractivity contribution is -0.277. The number of phenolic OH excluding ortho intramolecular Hbond substituents is 1. The van der Waals surface area contributed by atoms with Gasteiger partial charge in [0, 0.05) is 12.1 Å². The van der Waals surface area contributed by atoms with Gasteiger partial charge in [-0.05, 0) is 26.8 Å². The van der Waals surface area contributed by atoms with Crippen molar-refractivity contribution in [2.24, 2.45) is 0 Å². The third-order valence-corrected chi connectivity index (χ3v) is 5.90. The van der Waals surface area contributed by atoms with Crippen LogP contribution in [0.3, 0.4) is 0 Å². The molecule has 5 N–H and O–H groups in total. The van der Waals surface area contributed by atoms with E-state index in [2.05, 4.69) is 0 Å². The van der Waals surface area contributed by atoms with Gasteiger partial charge in [-0.25, -0.2) is 0 Å². The first-order chi connectivity index (χ1) is 17.7. The molecule has 1 aliphatic heterocycles. The number of ether oxygens (including phenoxy) is 5. The van der Waals surface area contributed by atoms with E-state index in [1.807, 2.05) is 0 Å². The van der Waals surface area contributed by atoms with Gasteiger partial charge in [-0.3, -0.25) is 4.79 Å². The summed E-state index contributed by atoms with van der Waals surface area (Å²) in [5.41, 5.74) is -0.417. The van der Waals surface area contributed by atoms with Gasteiger partial charge in [0.2, 0.25) is 17.5 Å². The highest BCUT2D eigenvalue weighted by molar-refractivity contribution is 5.96. The minimum Gasteiger partial charge on any atom is -0.504 e. The average molecular weight is 523 g/mol. The number of benzene rings is 2. The molecule has 0 aliphatic carbocycles. The number of aliphatic hydroxyl groups is 4. The minimum absolute atomic E-state index is 0.00814. The highest BCUT2D eigenvalue weighted by atomic mass is 16.7. The van der Waals surface area contributed by atoms with Gasteiger partial charge >= 0.3 is 0 Å². The predicted molar refractivity (Wildman–Crippen MR) is 130 cm³/mol. The summed E-state index contributed by atoms with van der Waals surface area (Å²) in [5.74, 6) is -0.340. The van der Waals surface area contributed by atoms with E-state index in [-0.39, 0.29) is 40.0 Å². The van der Waals surface area contributed by atoms with Crippen LogP contribution in [0, 0.1) is 0 Å². The Morgan fingerprint density at radius 2 is 1.43 bits per heavy atom. The summed E-state index contributed by atoms with van der Waals surface area (Å²) < 4.78 is 33.8. The van der Waals surface area contributed by atoms with Crippen molar-refractivity contribution in [3.05, 3.63) is 28.4 Å². The lowest BCUT2D eigenvalue weighted by Gasteiger charge is -2.39. The molecule has 0 amide bonds. The molecule has 1 aliphatic rings. The fourth-order valence-electron chi connectivity index (χ4n) is 4.15. The van der Waals surface area contributed by atoms with Crippen LogP contribution in [0.1, 0.15) is 20.8 Å². The van der Waals surface area contributed by atoms with Gasteiger partial charge in [0.1, 0.15) is 41.0 Å². The fraction of sp³-hybridized carbons (Fsp3) is 0.480. The van der Waals surface area contributed by atoms with Crippen molar-refractivity contribution in [2.75, 3.05) is 26.4 Å². The molecule has 0 unspecified atom stereocenters. The van der Waals surface area contributed by atoms with Crippen LogP contribution in [0.4, 0.5) is 0 Å². The minimum atomic E-state index is -1.75. The van der Waals surface area contributed by atoms with E-state index in [1.165, 1.54) is 18.2 Å². The molecule has 12 heteroatoms. The average Bonchev–Trinajstić information content (AvgIpc) is 2.87. The number of rotatable bonds is 9. The van der Waals surface area contributed by atoms with E-state index in [0.717, 1.165) is 0 Å². The van der Waals surface area contributed by atoms with E-state index in [0.29, 0.717) is 24.7 Å². The fourth-order valence-corrected chi connectivity index (χ4v) is 4.15. The first-order valence-electron chi connectivity index (χ1n) is 11.9. The summed E-state index contributed by atoms with van der Waals surface area (Å²) >= 11 is 0. The van der Waals surface area contributed by atoms with Crippen LogP contribution in [0.2, 0.25) is 0 Å². The number of hydrogen-bond donors (Lipinski definition) is 5. The second-order valence-electron chi connectivity index (χ2n) is 8.27. The van der Waals surface area contributed by atoms with Crippen LogP contribution in [-0.2, 0) is 4.74 Å². The van der Waals surface area contributed by atoms with E-state index in [1.54, 1.807) is 20.8 Å². The summed E-state index contributed by atoms with van der Waals surface area (Å²) in [6, 6.07) is 4.33. The Morgan fingerprint density at radius 3 is 2.05 bits per heavy atom. The quantitative estimate of drug-likeness (QED) is 0.253. The Bertz CT molecular complexity index is 1320. The Labute approximate surface area is 211 Å². The number of phenols is 1. The molecule has 1 aromatic heterocycles. The maximum absolute atomic E-state index is 13.5. The second-order valence-corrected chi connectivity index (χ2v) is 8.27. The van der Waals surface area contributed by atoms with Gasteiger partial charge < -0.3 is 53.6 Å². The van der Waals surface area contributed by atoms with Gasteiger partial charge in [-0.15, -0.1) is 0 Å². The molecule has 12 nitrogen and oxygen atoms in total. The van der Waals surface area contributed by atoms with Crippen molar-refractivity contribution in [3.8, 4) is 28.7 Å². The van der Waals surface area contributed by atoms with Crippen molar-refractivity contribution in [1.29, 1.82) is 0 Å². The monoisotopic (exact) mass is 522 g/mol. The SMILES string of the molecule is CCOc1cc2oc3cc(OCC)c(O[C@@H]4O[C@H](CO)[C@@H](O)[C@H](O)[C@H]4O)c(O)c3c(=O)c2cc1OCC. The summed E-state index contributed by atoms with van der Waals surface area (Å²) in [6.45, 7) is 5.42. The molecule has 0 radical (unpaired) electrons. The zero-order chi connectivity index (χ0) is 26.9. The smallest absolute Gasteiger partial charge is 0.229 e. The Hall–Kier alpha value is -3.29. The van der Waals surface area contributed by atoms with Crippen LogP contribution < -0.4 is 24.4 Å². The van der Waals surface area contributed by atoms with E-state index >= 15 is 0 Å². The van der Waals surface area contributed by atoms with Crippen LogP contribution in [0.25, 0.3) is 21.9 Å². The number of fused-ring (bicyclic) bond motifs is 2. The first kappa shape index (κ1) is 26.8. The zero-order valence-corrected chi connectivity index (χ0v) is 20.5. The first-order valence-corrected chi connectivity index (χ1v) is 11.9. The number of aliphatic hydroxyl groups excluding tert-OH is 4. The van der Waals surface area contributed by atoms with Gasteiger partial charge in [0.15, 0.2) is 23.0 Å². The summed E-state index contributed by atoms with van der Waals surface area (Å²) in [4.78, 5) is 13.5. The molecule has 4 rings (SSSR count). The maximum Gasteiger partial charge on any atom is 0.229 e. The Kier molecular flexibility index (Phi) is 7.95. The molecule has 0 spiro atoms. The molecule has 2 heterocycles. The molecular weight excluding hydrogens is 492 g/mol. The molecule has 37 heavy (non-hydrogen) atoms. The third kappa shape index (κ3) is 4.86. The third-order valence-electron chi connectivity index (χ3n) is 5.90. The van der Waals surface area contributed by atoms with Crippen molar-refractivity contribution >= 4 is 21.9 Å². The molecule has 5 atom stereocenters. The molecule has 1 fully saturated rings. The van der Waals surface area contributed by atoms with Gasteiger partial charge in [0.05, 0.1) is 31.8 Å². The Morgan fingerprint density at radius 1 is 0.838 bits per heavy atom. The summed E-state index contributed by atoms with van der Waals surface area (Å²) in [6.07, 6.45) is -7.92. The molecule has 0 saturated carbocycles.